The maximum absolute atomic E-state index is 13.6. The van der Waals surface area contributed by atoms with Crippen LogP contribution in [0, 0.1) is 11.7 Å². The third-order valence-electron chi connectivity index (χ3n) is 3.47. The highest BCUT2D eigenvalue weighted by Gasteiger charge is 2.41. The zero-order valence-electron chi connectivity index (χ0n) is 8.62. The van der Waals surface area contributed by atoms with Crippen LogP contribution in [0.2, 0.25) is 0 Å². The first-order valence-electron chi connectivity index (χ1n) is 5.33. The summed E-state index contributed by atoms with van der Waals surface area (Å²) in [4.78, 5) is 0. The Bertz CT molecular complexity index is 355. The van der Waals surface area contributed by atoms with E-state index in [1.807, 2.05) is 0 Å². The largest absolute Gasteiger partial charge is 0.396 e. The molecule has 1 aliphatic carbocycles. The molecule has 1 saturated carbocycles. The number of aliphatic hydroxyl groups excluding tert-OH is 1. The third kappa shape index (κ3) is 1.66. The molecule has 1 aromatic rings. The van der Waals surface area contributed by atoms with Gasteiger partial charge in [-0.1, -0.05) is 24.6 Å². The van der Waals surface area contributed by atoms with Crippen molar-refractivity contribution in [3.63, 3.8) is 0 Å². The summed E-state index contributed by atoms with van der Waals surface area (Å²) in [7, 11) is 0. The van der Waals surface area contributed by atoms with Crippen LogP contribution < -0.4 is 5.73 Å². The van der Waals surface area contributed by atoms with Gasteiger partial charge in [0.25, 0.3) is 0 Å². The Morgan fingerprint density at radius 1 is 1.47 bits per heavy atom. The zero-order chi connectivity index (χ0) is 10.9. The summed E-state index contributed by atoms with van der Waals surface area (Å²) < 4.78 is 13.6. The Morgan fingerprint density at radius 2 is 2.20 bits per heavy atom. The lowest BCUT2D eigenvalue weighted by Gasteiger charge is -2.31. The number of hydrogen-bond donors (Lipinski definition) is 2. The first-order valence-corrected chi connectivity index (χ1v) is 5.33. The number of nitrogens with two attached hydrogens (primary N) is 1. The summed E-state index contributed by atoms with van der Waals surface area (Å²) in [5.41, 5.74) is 6.10. The van der Waals surface area contributed by atoms with E-state index < -0.39 is 5.54 Å². The maximum atomic E-state index is 13.6. The summed E-state index contributed by atoms with van der Waals surface area (Å²) >= 11 is 0. The molecule has 3 heteroatoms. The molecule has 3 N–H and O–H groups in total. The minimum atomic E-state index is -0.680. The van der Waals surface area contributed by atoms with Crippen molar-refractivity contribution >= 4 is 0 Å². The highest BCUT2D eigenvalue weighted by molar-refractivity contribution is 5.28. The van der Waals surface area contributed by atoms with Gasteiger partial charge in [-0.3, -0.25) is 0 Å². The van der Waals surface area contributed by atoms with Gasteiger partial charge in [0.15, 0.2) is 0 Å². The second-order valence-electron chi connectivity index (χ2n) is 4.29. The summed E-state index contributed by atoms with van der Waals surface area (Å²) in [5.74, 6) is -0.283. The molecule has 1 fully saturated rings. The van der Waals surface area contributed by atoms with E-state index in [4.69, 9.17) is 5.73 Å². The van der Waals surface area contributed by atoms with E-state index in [2.05, 4.69) is 0 Å². The van der Waals surface area contributed by atoms with Crippen molar-refractivity contribution in [2.75, 3.05) is 6.61 Å². The van der Waals surface area contributed by atoms with Crippen LogP contribution in [0.1, 0.15) is 24.8 Å². The highest BCUT2D eigenvalue weighted by atomic mass is 19.1. The van der Waals surface area contributed by atoms with E-state index in [0.29, 0.717) is 5.56 Å². The lowest BCUT2D eigenvalue weighted by Crippen LogP contribution is -2.42. The molecule has 0 spiro atoms. The number of hydrogen-bond acceptors (Lipinski definition) is 2. The standard InChI is InChI=1S/C12H16FNO/c13-11-6-2-1-5-10(11)12(14)7-3-4-9(12)8-15/h1-2,5-6,9,15H,3-4,7-8,14H2/t9-,12-/m0/s1. The summed E-state index contributed by atoms with van der Waals surface area (Å²) in [6, 6.07) is 6.60. The number of halogens is 1. The average Bonchev–Trinajstić information content (AvgIpc) is 2.61. The fourth-order valence-electron chi connectivity index (χ4n) is 2.55. The molecule has 0 unspecified atom stereocenters. The molecule has 0 bridgehead atoms. The third-order valence-corrected chi connectivity index (χ3v) is 3.47. The fourth-order valence-corrected chi connectivity index (χ4v) is 2.55. The molecule has 0 saturated heterocycles. The first kappa shape index (κ1) is 10.6. The minimum absolute atomic E-state index is 0.0191. The van der Waals surface area contributed by atoms with Crippen molar-refractivity contribution < 1.29 is 9.50 Å². The van der Waals surface area contributed by atoms with E-state index in [1.54, 1.807) is 18.2 Å². The smallest absolute Gasteiger partial charge is 0.128 e. The molecular weight excluding hydrogens is 193 g/mol. The van der Waals surface area contributed by atoms with Crippen molar-refractivity contribution in [2.24, 2.45) is 11.7 Å². The molecule has 2 atom stereocenters. The number of rotatable bonds is 2. The van der Waals surface area contributed by atoms with E-state index in [0.717, 1.165) is 19.3 Å². The molecule has 15 heavy (non-hydrogen) atoms. The van der Waals surface area contributed by atoms with Gasteiger partial charge in [0.05, 0.1) is 0 Å². The van der Waals surface area contributed by atoms with Gasteiger partial charge < -0.3 is 10.8 Å². The maximum Gasteiger partial charge on any atom is 0.128 e. The molecule has 0 heterocycles. The van der Waals surface area contributed by atoms with Crippen molar-refractivity contribution in [1.29, 1.82) is 0 Å². The number of benzene rings is 1. The van der Waals surface area contributed by atoms with Crippen LogP contribution in [0.25, 0.3) is 0 Å². The van der Waals surface area contributed by atoms with E-state index in [-0.39, 0.29) is 18.3 Å². The number of aliphatic hydroxyl groups is 1. The molecule has 1 aliphatic rings. The fraction of sp³-hybridized carbons (Fsp3) is 0.500. The molecule has 82 valence electrons. The Morgan fingerprint density at radius 3 is 2.87 bits per heavy atom. The average molecular weight is 209 g/mol. The summed E-state index contributed by atoms with van der Waals surface area (Å²) in [5, 5.41) is 9.25. The lowest BCUT2D eigenvalue weighted by atomic mass is 9.81. The van der Waals surface area contributed by atoms with E-state index in [1.165, 1.54) is 6.07 Å². The quantitative estimate of drug-likeness (QED) is 0.779. The predicted molar refractivity (Wildman–Crippen MR) is 56.7 cm³/mol. The molecule has 2 rings (SSSR count). The Balaban J connectivity index is 2.40. The van der Waals surface area contributed by atoms with Crippen LogP contribution in [-0.4, -0.2) is 11.7 Å². The molecule has 0 radical (unpaired) electrons. The van der Waals surface area contributed by atoms with Crippen LogP contribution >= 0.6 is 0 Å². The monoisotopic (exact) mass is 209 g/mol. The van der Waals surface area contributed by atoms with Crippen molar-refractivity contribution in [1.82, 2.24) is 0 Å². The van der Waals surface area contributed by atoms with Crippen LogP contribution in [0.3, 0.4) is 0 Å². The van der Waals surface area contributed by atoms with E-state index in [9.17, 15) is 9.50 Å². The van der Waals surface area contributed by atoms with Gasteiger partial charge in [0.2, 0.25) is 0 Å². The zero-order valence-corrected chi connectivity index (χ0v) is 8.62. The summed E-state index contributed by atoms with van der Waals surface area (Å²) in [6.45, 7) is 0.0326. The lowest BCUT2D eigenvalue weighted by molar-refractivity contribution is 0.171. The molecular formula is C12H16FNO. The van der Waals surface area contributed by atoms with Crippen LogP contribution in [-0.2, 0) is 5.54 Å². The Kier molecular flexibility index (Phi) is 2.76. The van der Waals surface area contributed by atoms with Gasteiger partial charge in [-0.2, -0.15) is 0 Å². The molecule has 0 amide bonds. The molecule has 1 aromatic carbocycles. The minimum Gasteiger partial charge on any atom is -0.396 e. The first-order chi connectivity index (χ1) is 7.18. The second kappa shape index (κ2) is 3.91. The van der Waals surface area contributed by atoms with E-state index >= 15 is 0 Å². The van der Waals surface area contributed by atoms with Gasteiger partial charge in [-0.05, 0) is 18.9 Å². The van der Waals surface area contributed by atoms with Gasteiger partial charge in [-0.25, -0.2) is 4.39 Å². The Labute approximate surface area is 88.9 Å². The second-order valence-corrected chi connectivity index (χ2v) is 4.29. The van der Waals surface area contributed by atoms with Crippen molar-refractivity contribution in [3.05, 3.63) is 35.6 Å². The van der Waals surface area contributed by atoms with Crippen molar-refractivity contribution in [2.45, 2.75) is 24.8 Å². The van der Waals surface area contributed by atoms with Crippen LogP contribution in [0.5, 0.6) is 0 Å². The van der Waals surface area contributed by atoms with Crippen molar-refractivity contribution in [3.8, 4) is 0 Å². The molecule has 0 aromatic heterocycles. The van der Waals surface area contributed by atoms with Gasteiger partial charge in [0.1, 0.15) is 5.82 Å². The van der Waals surface area contributed by atoms with Gasteiger partial charge >= 0.3 is 0 Å². The predicted octanol–water partition coefficient (Wildman–Crippen LogP) is 1.77. The molecule has 0 aliphatic heterocycles. The van der Waals surface area contributed by atoms with Gasteiger partial charge in [-0.15, -0.1) is 0 Å². The highest BCUT2D eigenvalue weighted by Crippen LogP contribution is 2.41. The Hall–Kier alpha value is -0.930. The van der Waals surface area contributed by atoms with Crippen LogP contribution in [0.15, 0.2) is 24.3 Å². The normalized spacial score (nSPS) is 30.7. The topological polar surface area (TPSA) is 46.2 Å². The van der Waals surface area contributed by atoms with Gasteiger partial charge in [0, 0.05) is 23.6 Å². The van der Waals surface area contributed by atoms with Crippen LogP contribution in [0.4, 0.5) is 4.39 Å². The summed E-state index contributed by atoms with van der Waals surface area (Å²) in [6.07, 6.45) is 2.58. The SMILES string of the molecule is N[C@@]1(c2ccccc2F)CCC[C@H]1CO. The molecule has 2 nitrogen and oxygen atoms in total.